The van der Waals surface area contributed by atoms with E-state index >= 15 is 0 Å². The van der Waals surface area contributed by atoms with Crippen LogP contribution < -0.4 is 59.1 Å². The van der Waals surface area contributed by atoms with Gasteiger partial charge in [-0.15, -0.1) is 0 Å². The summed E-state index contributed by atoms with van der Waals surface area (Å²) in [7, 11) is -4.81. The van der Waals surface area contributed by atoms with Gasteiger partial charge in [-0.1, -0.05) is 4.73 Å². The number of hydrogen-bond donors (Lipinski definition) is 2. The Morgan fingerprint density at radius 3 is 1.62 bits per heavy atom. The van der Waals surface area contributed by atoms with Crippen molar-refractivity contribution in [2.24, 2.45) is 0 Å². The van der Waals surface area contributed by atoms with Gasteiger partial charge in [0.15, 0.2) is 0 Å². The molecule has 0 atom stereocenters. The van der Waals surface area contributed by atoms with Crippen molar-refractivity contribution >= 4 is 7.82 Å². The molecule has 0 aromatic rings. The van der Waals surface area contributed by atoms with E-state index in [1.165, 1.54) is 0 Å². The van der Waals surface area contributed by atoms with Crippen molar-refractivity contribution in [2.45, 2.75) is 0 Å². The number of rotatable bonds is 1. The molecular weight excluding hydrogens is 160 g/mol. The van der Waals surface area contributed by atoms with Crippen LogP contribution in [0.3, 0.4) is 0 Å². The summed E-state index contributed by atoms with van der Waals surface area (Å²) in [5, 5.41) is 0. The standard InChI is InChI=1S/FH2O4P.2Na.2H/c1-5-6(2,3)4;;;;/h(H2,2,3,4);;;;/q;2*+1;2*-1. The van der Waals surface area contributed by atoms with E-state index in [0.29, 0.717) is 0 Å². The fourth-order valence-corrected chi connectivity index (χ4v) is 0. The molecule has 0 heterocycles. The van der Waals surface area contributed by atoms with E-state index in [4.69, 9.17) is 14.4 Å². The third kappa shape index (κ3) is 15.7. The molecule has 42 valence electrons. The number of hydrogen-bond acceptors (Lipinski definition) is 2. The fraction of sp³-hybridized carbons (Fsp3) is 0. The molecule has 0 amide bonds. The molecule has 2 N–H and O–H groups in total. The molecule has 0 unspecified atom stereocenters. The smallest absolute Gasteiger partial charge is 1.00 e. The summed E-state index contributed by atoms with van der Waals surface area (Å²) >= 11 is 0. The maximum Gasteiger partial charge on any atom is 1.00 e. The van der Waals surface area contributed by atoms with Gasteiger partial charge in [-0.2, -0.15) is 0 Å². The Labute approximate surface area is 92.5 Å². The Bertz CT molecular complexity index is 85.3. The molecule has 0 aliphatic carbocycles. The first-order valence-electron chi connectivity index (χ1n) is 0.919. The third-order valence-electron chi connectivity index (χ3n) is 0.0899. The van der Waals surface area contributed by atoms with Crippen molar-refractivity contribution in [2.75, 3.05) is 0 Å². The fourth-order valence-electron chi connectivity index (χ4n) is 0. The van der Waals surface area contributed by atoms with Crippen molar-refractivity contribution in [3.05, 3.63) is 0 Å². The van der Waals surface area contributed by atoms with Crippen molar-refractivity contribution in [3.63, 3.8) is 0 Å². The largest absolute Gasteiger partial charge is 1.00 e. The van der Waals surface area contributed by atoms with Crippen LogP contribution in [0.5, 0.6) is 0 Å². The van der Waals surface area contributed by atoms with E-state index < -0.39 is 7.82 Å². The van der Waals surface area contributed by atoms with Gasteiger partial charge in [-0.05, 0) is 4.53 Å². The summed E-state index contributed by atoms with van der Waals surface area (Å²) in [4.78, 5) is 14.7. The minimum Gasteiger partial charge on any atom is -1.00 e. The SMILES string of the molecule is O=P(O)(O)OF.[H-].[H-].[Na+].[Na+]. The van der Waals surface area contributed by atoms with Crippen LogP contribution in [0.15, 0.2) is 0 Å². The molecular formula is H4FNa2O4P. The minimum absolute atomic E-state index is 0. The summed E-state index contributed by atoms with van der Waals surface area (Å²) in [6.45, 7) is 0. The molecule has 8 heavy (non-hydrogen) atoms. The molecule has 0 spiro atoms. The molecule has 0 saturated heterocycles. The second-order valence-corrected chi connectivity index (χ2v) is 1.68. The Morgan fingerprint density at radius 1 is 1.50 bits per heavy atom. The zero-order valence-corrected chi connectivity index (χ0v) is 9.43. The first-order valence-corrected chi connectivity index (χ1v) is 2.45. The zero-order chi connectivity index (χ0) is 5.21. The summed E-state index contributed by atoms with van der Waals surface area (Å²) in [6, 6.07) is 0. The molecule has 0 aromatic heterocycles. The monoisotopic (exact) mass is 164 g/mol. The van der Waals surface area contributed by atoms with Gasteiger partial charge in [-0.3, -0.25) is 0 Å². The van der Waals surface area contributed by atoms with Crippen LogP contribution in [-0.2, 0) is 9.29 Å². The van der Waals surface area contributed by atoms with Gasteiger partial charge in [0.25, 0.3) is 0 Å². The predicted molar refractivity (Wildman–Crippen MR) is 16.5 cm³/mol. The second-order valence-electron chi connectivity index (χ2n) is 0.560. The van der Waals surface area contributed by atoms with E-state index in [1.807, 2.05) is 0 Å². The molecule has 8 heteroatoms. The van der Waals surface area contributed by atoms with E-state index in [9.17, 15) is 4.53 Å². The normalized spacial score (nSPS) is 8.88. The van der Waals surface area contributed by atoms with Crippen LogP contribution in [0, 0.1) is 0 Å². The van der Waals surface area contributed by atoms with Gasteiger partial charge in [0, 0.05) is 0 Å². The zero-order valence-electron chi connectivity index (χ0n) is 6.54. The van der Waals surface area contributed by atoms with Gasteiger partial charge in [0.2, 0.25) is 0 Å². The summed E-state index contributed by atoms with van der Waals surface area (Å²) in [5.74, 6) is 0. The van der Waals surface area contributed by atoms with Crippen molar-refractivity contribution in [1.29, 1.82) is 0 Å². The van der Waals surface area contributed by atoms with Gasteiger partial charge in [0.05, 0.1) is 0 Å². The van der Waals surface area contributed by atoms with Crippen LogP contribution in [0.4, 0.5) is 4.53 Å². The van der Waals surface area contributed by atoms with Crippen LogP contribution in [0.2, 0.25) is 0 Å². The molecule has 0 rings (SSSR count). The van der Waals surface area contributed by atoms with Crippen LogP contribution in [-0.4, -0.2) is 9.79 Å². The van der Waals surface area contributed by atoms with E-state index in [1.54, 1.807) is 0 Å². The Kier molecular flexibility index (Phi) is 14.8. The van der Waals surface area contributed by atoms with Gasteiger partial charge < -0.3 is 12.6 Å². The molecule has 0 aliphatic rings. The maximum absolute atomic E-state index is 10.2. The maximum atomic E-state index is 10.2. The van der Waals surface area contributed by atoms with E-state index in [0.717, 1.165) is 0 Å². The van der Waals surface area contributed by atoms with Crippen LogP contribution in [0.25, 0.3) is 0 Å². The second kappa shape index (κ2) is 7.15. The molecule has 4 nitrogen and oxygen atoms in total. The van der Waals surface area contributed by atoms with Crippen LogP contribution in [0.1, 0.15) is 2.85 Å². The van der Waals surface area contributed by atoms with Crippen molar-refractivity contribution in [3.8, 4) is 0 Å². The van der Waals surface area contributed by atoms with E-state index in [-0.39, 0.29) is 62.0 Å². The summed E-state index contributed by atoms with van der Waals surface area (Å²) < 4.78 is 21.4. The molecule has 0 saturated carbocycles. The van der Waals surface area contributed by atoms with Gasteiger partial charge >= 0.3 is 66.9 Å². The average Bonchev–Trinajstić information content (AvgIpc) is 1.35. The van der Waals surface area contributed by atoms with Gasteiger partial charge in [-0.25, -0.2) is 4.57 Å². The molecule has 0 aliphatic heterocycles. The average molecular weight is 164 g/mol. The van der Waals surface area contributed by atoms with Crippen molar-refractivity contribution < 1.29 is 85.6 Å². The van der Waals surface area contributed by atoms with Crippen molar-refractivity contribution in [1.82, 2.24) is 0 Å². The topological polar surface area (TPSA) is 66.8 Å². The molecule has 0 radical (unpaired) electrons. The quantitative estimate of drug-likeness (QED) is 0.299. The Hall–Kier alpha value is 2.04. The summed E-state index contributed by atoms with van der Waals surface area (Å²) in [5.41, 5.74) is 0. The van der Waals surface area contributed by atoms with Gasteiger partial charge in [0.1, 0.15) is 0 Å². The number of phosphoric acid groups is 1. The predicted octanol–water partition coefficient (Wildman–Crippen LogP) is -5.79. The van der Waals surface area contributed by atoms with E-state index in [2.05, 4.69) is 4.73 Å². The Balaban J connectivity index is -0.0000000208. The first kappa shape index (κ1) is 16.6. The third-order valence-corrected chi connectivity index (χ3v) is 0.270. The molecule has 0 fully saturated rings. The number of halogens is 1. The Morgan fingerprint density at radius 2 is 1.62 bits per heavy atom. The molecule has 0 bridgehead atoms. The summed E-state index contributed by atoms with van der Waals surface area (Å²) in [6.07, 6.45) is 0. The van der Waals surface area contributed by atoms with Crippen LogP contribution >= 0.6 is 7.82 Å². The minimum atomic E-state index is -4.81. The first-order chi connectivity index (χ1) is 2.56. The molecule has 0 aromatic carbocycles.